The number of hydrogen-bond acceptors (Lipinski definition) is 1. The second-order valence-corrected chi connectivity index (χ2v) is 6.85. The number of likely N-dealkylation sites (tertiary alicyclic amines) is 1. The SMILES string of the molecule is CC1CN(C(=O)c2ccc(F)c3ccccc23)CCC1Br. The Morgan fingerprint density at radius 1 is 1.24 bits per heavy atom. The van der Waals surface area contributed by atoms with Crippen LogP contribution in [0.2, 0.25) is 0 Å². The van der Waals surface area contributed by atoms with Crippen molar-refractivity contribution in [3.8, 4) is 0 Å². The van der Waals surface area contributed by atoms with E-state index < -0.39 is 0 Å². The molecule has 0 radical (unpaired) electrons. The van der Waals surface area contributed by atoms with Crippen LogP contribution in [0, 0.1) is 11.7 Å². The maximum Gasteiger partial charge on any atom is 0.254 e. The number of piperidine rings is 1. The van der Waals surface area contributed by atoms with Crippen LogP contribution in [0.15, 0.2) is 36.4 Å². The minimum Gasteiger partial charge on any atom is -0.338 e. The Morgan fingerprint density at radius 3 is 2.67 bits per heavy atom. The van der Waals surface area contributed by atoms with Crippen molar-refractivity contribution in [1.82, 2.24) is 4.90 Å². The van der Waals surface area contributed by atoms with E-state index in [1.807, 2.05) is 17.0 Å². The first-order valence-corrected chi connectivity index (χ1v) is 8.10. The predicted octanol–water partition coefficient (Wildman–Crippen LogP) is 4.22. The molecule has 1 aliphatic rings. The highest BCUT2D eigenvalue weighted by molar-refractivity contribution is 9.09. The van der Waals surface area contributed by atoms with Crippen LogP contribution in [0.3, 0.4) is 0 Å². The summed E-state index contributed by atoms with van der Waals surface area (Å²) in [6.07, 6.45) is 0.950. The minimum absolute atomic E-state index is 0.00236. The molecule has 1 amide bonds. The van der Waals surface area contributed by atoms with Gasteiger partial charge >= 0.3 is 0 Å². The molecule has 0 N–H and O–H groups in total. The standard InChI is InChI=1S/C17H17BrFNO/c1-11-10-20(9-8-15(11)18)17(21)14-6-7-16(19)13-5-3-2-4-12(13)14/h2-7,11,15H,8-10H2,1H3. The first kappa shape index (κ1) is 14.5. The van der Waals surface area contributed by atoms with E-state index >= 15 is 0 Å². The summed E-state index contributed by atoms with van der Waals surface area (Å²) in [5, 5.41) is 1.20. The van der Waals surface area contributed by atoms with Crippen molar-refractivity contribution in [2.24, 2.45) is 5.92 Å². The van der Waals surface area contributed by atoms with E-state index in [-0.39, 0.29) is 11.7 Å². The number of fused-ring (bicyclic) bond motifs is 1. The topological polar surface area (TPSA) is 20.3 Å². The second kappa shape index (κ2) is 5.76. The third-order valence-electron chi connectivity index (χ3n) is 4.19. The number of carbonyl (C=O) groups excluding carboxylic acids is 1. The third kappa shape index (κ3) is 2.69. The van der Waals surface area contributed by atoms with Crippen LogP contribution in [-0.2, 0) is 0 Å². The number of rotatable bonds is 1. The molecule has 1 fully saturated rings. The van der Waals surface area contributed by atoms with E-state index in [4.69, 9.17) is 0 Å². The van der Waals surface area contributed by atoms with E-state index in [1.165, 1.54) is 6.07 Å². The predicted molar refractivity (Wildman–Crippen MR) is 86.3 cm³/mol. The summed E-state index contributed by atoms with van der Waals surface area (Å²) in [6, 6.07) is 10.1. The number of benzene rings is 2. The summed E-state index contributed by atoms with van der Waals surface area (Å²) in [7, 11) is 0. The van der Waals surface area contributed by atoms with Crippen molar-refractivity contribution in [3.63, 3.8) is 0 Å². The molecule has 2 unspecified atom stereocenters. The molecule has 2 aromatic carbocycles. The fraction of sp³-hybridized carbons (Fsp3) is 0.353. The molecule has 0 saturated carbocycles. The molecule has 1 aliphatic heterocycles. The number of halogens is 2. The maximum atomic E-state index is 13.9. The van der Waals surface area contributed by atoms with Gasteiger partial charge in [0.15, 0.2) is 0 Å². The lowest BCUT2D eigenvalue weighted by atomic mass is 9.98. The molecular weight excluding hydrogens is 333 g/mol. The monoisotopic (exact) mass is 349 g/mol. The average Bonchev–Trinajstić information content (AvgIpc) is 2.50. The van der Waals surface area contributed by atoms with Gasteiger partial charge in [0.05, 0.1) is 0 Å². The lowest BCUT2D eigenvalue weighted by molar-refractivity contribution is 0.0692. The van der Waals surface area contributed by atoms with Gasteiger partial charge in [0.1, 0.15) is 5.82 Å². The zero-order chi connectivity index (χ0) is 15.0. The molecule has 0 bridgehead atoms. The van der Waals surface area contributed by atoms with E-state index in [2.05, 4.69) is 22.9 Å². The smallest absolute Gasteiger partial charge is 0.254 e. The van der Waals surface area contributed by atoms with Crippen LogP contribution >= 0.6 is 15.9 Å². The van der Waals surface area contributed by atoms with E-state index in [9.17, 15) is 9.18 Å². The van der Waals surface area contributed by atoms with Crippen LogP contribution in [0.25, 0.3) is 10.8 Å². The van der Waals surface area contributed by atoms with Crippen molar-refractivity contribution in [3.05, 3.63) is 47.8 Å². The molecule has 4 heteroatoms. The Morgan fingerprint density at radius 2 is 1.95 bits per heavy atom. The lowest BCUT2D eigenvalue weighted by Gasteiger charge is -2.34. The van der Waals surface area contributed by atoms with Crippen molar-refractivity contribution < 1.29 is 9.18 Å². The first-order valence-electron chi connectivity index (χ1n) is 7.18. The van der Waals surface area contributed by atoms with Gasteiger partial charge in [-0.3, -0.25) is 4.79 Å². The second-order valence-electron chi connectivity index (χ2n) is 5.67. The van der Waals surface area contributed by atoms with Crippen LogP contribution in [0.1, 0.15) is 23.7 Å². The van der Waals surface area contributed by atoms with Crippen LogP contribution in [0.5, 0.6) is 0 Å². The molecule has 2 nitrogen and oxygen atoms in total. The molecular formula is C17H17BrFNO. The van der Waals surface area contributed by atoms with Gasteiger partial charge in [-0.05, 0) is 29.9 Å². The molecule has 21 heavy (non-hydrogen) atoms. The molecule has 2 aromatic rings. The Kier molecular flexibility index (Phi) is 3.98. The molecule has 0 spiro atoms. The number of hydrogen-bond donors (Lipinski definition) is 0. The number of amides is 1. The highest BCUT2D eigenvalue weighted by Gasteiger charge is 2.28. The summed E-state index contributed by atoms with van der Waals surface area (Å²) < 4.78 is 13.9. The van der Waals surface area contributed by atoms with Crippen LogP contribution in [0.4, 0.5) is 4.39 Å². The maximum absolute atomic E-state index is 13.9. The summed E-state index contributed by atoms with van der Waals surface area (Å²) >= 11 is 3.65. The number of alkyl halides is 1. The fourth-order valence-electron chi connectivity index (χ4n) is 2.92. The van der Waals surface area contributed by atoms with E-state index in [0.29, 0.717) is 27.1 Å². The van der Waals surface area contributed by atoms with E-state index in [0.717, 1.165) is 19.5 Å². The van der Waals surface area contributed by atoms with Gasteiger partial charge in [-0.2, -0.15) is 0 Å². The molecule has 110 valence electrons. The van der Waals surface area contributed by atoms with Gasteiger partial charge in [0, 0.05) is 28.9 Å². The van der Waals surface area contributed by atoms with E-state index in [1.54, 1.807) is 18.2 Å². The fourth-order valence-corrected chi connectivity index (χ4v) is 3.29. The molecule has 1 saturated heterocycles. The van der Waals surface area contributed by atoms with Crippen molar-refractivity contribution in [2.45, 2.75) is 18.2 Å². The normalized spacial score (nSPS) is 22.5. The van der Waals surface area contributed by atoms with Gasteiger partial charge < -0.3 is 4.90 Å². The Bertz CT molecular complexity index is 688. The zero-order valence-electron chi connectivity index (χ0n) is 11.9. The molecule has 0 aliphatic carbocycles. The quantitative estimate of drug-likeness (QED) is 0.705. The highest BCUT2D eigenvalue weighted by Crippen LogP contribution is 2.27. The van der Waals surface area contributed by atoms with Gasteiger partial charge in [-0.25, -0.2) is 4.39 Å². The molecule has 1 heterocycles. The van der Waals surface area contributed by atoms with Gasteiger partial charge in [0.2, 0.25) is 0 Å². The summed E-state index contributed by atoms with van der Waals surface area (Å²) in [5.41, 5.74) is 0.590. The summed E-state index contributed by atoms with van der Waals surface area (Å²) in [5.74, 6) is 0.140. The van der Waals surface area contributed by atoms with Gasteiger partial charge in [0.25, 0.3) is 5.91 Å². The van der Waals surface area contributed by atoms with Crippen LogP contribution in [-0.4, -0.2) is 28.7 Å². The zero-order valence-corrected chi connectivity index (χ0v) is 13.4. The first-order chi connectivity index (χ1) is 10.1. The van der Waals surface area contributed by atoms with Crippen molar-refractivity contribution in [1.29, 1.82) is 0 Å². The highest BCUT2D eigenvalue weighted by atomic mass is 79.9. The summed E-state index contributed by atoms with van der Waals surface area (Å²) in [6.45, 7) is 3.62. The molecule has 0 aromatic heterocycles. The molecule has 3 rings (SSSR count). The van der Waals surface area contributed by atoms with Crippen molar-refractivity contribution >= 4 is 32.6 Å². The van der Waals surface area contributed by atoms with Crippen LogP contribution < -0.4 is 0 Å². The lowest BCUT2D eigenvalue weighted by Crippen LogP contribution is -2.43. The Balaban J connectivity index is 1.97. The van der Waals surface area contributed by atoms with Gasteiger partial charge in [-0.1, -0.05) is 47.1 Å². The Labute approximate surface area is 132 Å². The largest absolute Gasteiger partial charge is 0.338 e. The number of carbonyl (C=O) groups is 1. The number of nitrogens with zero attached hydrogens (tertiary/aromatic N) is 1. The third-order valence-corrected chi connectivity index (χ3v) is 5.55. The molecule has 2 atom stereocenters. The Hall–Kier alpha value is -1.42. The van der Waals surface area contributed by atoms with Gasteiger partial charge in [-0.15, -0.1) is 0 Å². The minimum atomic E-state index is -0.283. The summed E-state index contributed by atoms with van der Waals surface area (Å²) in [4.78, 5) is 15.1. The average molecular weight is 350 g/mol. The van der Waals surface area contributed by atoms with Crippen molar-refractivity contribution in [2.75, 3.05) is 13.1 Å².